The molecule has 0 bridgehead atoms. The van der Waals surface area contributed by atoms with Crippen molar-refractivity contribution in [3.05, 3.63) is 68.7 Å². The van der Waals surface area contributed by atoms with E-state index in [9.17, 15) is 28.4 Å². The number of sulfonamides is 1. The van der Waals surface area contributed by atoms with Gasteiger partial charge in [-0.05, 0) is 36.6 Å². The van der Waals surface area contributed by atoms with Gasteiger partial charge >= 0.3 is 5.97 Å². The maximum atomic E-state index is 12.5. The summed E-state index contributed by atoms with van der Waals surface area (Å²) in [6.45, 7) is 1.14. The maximum Gasteiger partial charge on any atom is 0.308 e. The molecule has 0 aliphatic heterocycles. The first kappa shape index (κ1) is 20.8. The SMILES string of the molecule is Cc1ccc([N+](=O)[O-])cc1S(=O)(=O)NCC(Cc1ccc(Cl)cc1)C(=O)O. The minimum absolute atomic E-state index is 0.100. The summed E-state index contributed by atoms with van der Waals surface area (Å²) in [7, 11) is -4.11. The summed E-state index contributed by atoms with van der Waals surface area (Å²) in [6, 6.07) is 10.0. The van der Waals surface area contributed by atoms with Gasteiger partial charge in [-0.2, -0.15) is 0 Å². The Balaban J connectivity index is 2.18. The summed E-state index contributed by atoms with van der Waals surface area (Å²) in [6.07, 6.45) is 0.100. The Morgan fingerprint density at radius 1 is 1.26 bits per heavy atom. The highest BCUT2D eigenvalue weighted by Gasteiger charge is 2.24. The number of aliphatic carboxylic acids is 1. The number of aryl methyl sites for hydroxylation is 1. The van der Waals surface area contributed by atoms with Crippen LogP contribution < -0.4 is 4.72 Å². The summed E-state index contributed by atoms with van der Waals surface area (Å²) in [5.41, 5.74) is 0.645. The number of carboxylic acids is 1. The molecule has 2 aromatic carbocycles. The van der Waals surface area contributed by atoms with Crippen molar-refractivity contribution in [2.45, 2.75) is 18.2 Å². The molecule has 27 heavy (non-hydrogen) atoms. The minimum Gasteiger partial charge on any atom is -0.481 e. The summed E-state index contributed by atoms with van der Waals surface area (Å²) in [4.78, 5) is 21.4. The van der Waals surface area contributed by atoms with Crippen LogP contribution in [0.4, 0.5) is 5.69 Å². The number of nitrogens with one attached hydrogen (secondary N) is 1. The van der Waals surface area contributed by atoms with Crippen LogP contribution >= 0.6 is 11.6 Å². The molecule has 2 rings (SSSR count). The van der Waals surface area contributed by atoms with Gasteiger partial charge in [-0.3, -0.25) is 14.9 Å². The van der Waals surface area contributed by atoms with Crippen molar-refractivity contribution in [3.8, 4) is 0 Å². The first-order valence-corrected chi connectivity index (χ1v) is 9.68. The summed E-state index contributed by atoms with van der Waals surface area (Å²) in [5.74, 6) is -2.18. The first-order chi connectivity index (χ1) is 12.6. The Kier molecular flexibility index (Phi) is 6.53. The third-order valence-corrected chi connectivity index (χ3v) is 5.75. The van der Waals surface area contributed by atoms with E-state index in [4.69, 9.17) is 11.6 Å². The monoisotopic (exact) mass is 412 g/mol. The van der Waals surface area contributed by atoms with Crippen molar-refractivity contribution in [2.24, 2.45) is 5.92 Å². The van der Waals surface area contributed by atoms with Crippen LogP contribution in [0.15, 0.2) is 47.4 Å². The van der Waals surface area contributed by atoms with E-state index in [0.717, 1.165) is 6.07 Å². The average molecular weight is 413 g/mol. The molecule has 10 heteroatoms. The van der Waals surface area contributed by atoms with Gasteiger partial charge in [0.1, 0.15) is 0 Å². The van der Waals surface area contributed by atoms with Gasteiger partial charge in [0.05, 0.1) is 15.7 Å². The van der Waals surface area contributed by atoms with E-state index in [0.29, 0.717) is 16.1 Å². The van der Waals surface area contributed by atoms with E-state index in [1.165, 1.54) is 19.1 Å². The Morgan fingerprint density at radius 2 is 1.89 bits per heavy atom. The lowest BCUT2D eigenvalue weighted by Crippen LogP contribution is -2.34. The summed E-state index contributed by atoms with van der Waals surface area (Å²) < 4.78 is 27.3. The molecule has 0 aromatic heterocycles. The quantitative estimate of drug-likeness (QED) is 0.507. The number of benzene rings is 2. The Hall–Kier alpha value is -2.49. The molecule has 0 saturated heterocycles. The third-order valence-electron chi connectivity index (χ3n) is 3.94. The first-order valence-electron chi connectivity index (χ1n) is 7.82. The lowest BCUT2D eigenvalue weighted by Gasteiger charge is -2.15. The van der Waals surface area contributed by atoms with Crippen molar-refractivity contribution in [1.82, 2.24) is 4.72 Å². The molecule has 0 radical (unpaired) electrons. The highest BCUT2D eigenvalue weighted by atomic mass is 35.5. The van der Waals surface area contributed by atoms with Crippen LogP contribution in [-0.2, 0) is 21.2 Å². The largest absolute Gasteiger partial charge is 0.481 e. The second kappa shape index (κ2) is 8.47. The molecule has 2 aromatic rings. The molecule has 0 amide bonds. The maximum absolute atomic E-state index is 12.5. The van der Waals surface area contributed by atoms with Crippen LogP contribution in [0.25, 0.3) is 0 Å². The lowest BCUT2D eigenvalue weighted by molar-refractivity contribution is -0.385. The number of hydrogen-bond acceptors (Lipinski definition) is 5. The molecule has 0 spiro atoms. The summed E-state index contributed by atoms with van der Waals surface area (Å²) >= 11 is 5.79. The molecule has 1 atom stereocenters. The van der Waals surface area contributed by atoms with E-state index >= 15 is 0 Å². The third kappa shape index (κ3) is 5.49. The van der Waals surface area contributed by atoms with Crippen LogP contribution in [0.1, 0.15) is 11.1 Å². The highest BCUT2D eigenvalue weighted by molar-refractivity contribution is 7.89. The molecule has 0 fully saturated rings. The van der Waals surface area contributed by atoms with E-state index in [2.05, 4.69) is 4.72 Å². The van der Waals surface area contributed by atoms with Crippen LogP contribution in [0.3, 0.4) is 0 Å². The van der Waals surface area contributed by atoms with E-state index in [1.807, 2.05) is 0 Å². The second-order valence-corrected chi connectivity index (χ2v) is 8.10. The lowest BCUT2D eigenvalue weighted by atomic mass is 10.00. The zero-order chi connectivity index (χ0) is 20.2. The number of nitrogens with zero attached hydrogens (tertiary/aromatic N) is 1. The topological polar surface area (TPSA) is 127 Å². The van der Waals surface area contributed by atoms with Gasteiger partial charge in [0.15, 0.2) is 0 Å². The molecule has 144 valence electrons. The van der Waals surface area contributed by atoms with Crippen LogP contribution in [0, 0.1) is 23.0 Å². The fourth-order valence-corrected chi connectivity index (χ4v) is 3.90. The number of carbonyl (C=O) groups is 1. The zero-order valence-electron chi connectivity index (χ0n) is 14.3. The number of halogens is 1. The Labute approximate surface area is 161 Å². The fourth-order valence-electron chi connectivity index (χ4n) is 2.43. The molecule has 8 nitrogen and oxygen atoms in total. The van der Waals surface area contributed by atoms with Crippen molar-refractivity contribution in [1.29, 1.82) is 0 Å². The predicted octanol–water partition coefficient (Wildman–Crippen LogP) is 2.78. The highest BCUT2D eigenvalue weighted by Crippen LogP contribution is 2.22. The molecule has 2 N–H and O–H groups in total. The number of nitro groups is 1. The molecular weight excluding hydrogens is 396 g/mol. The molecule has 0 saturated carbocycles. The minimum atomic E-state index is -4.11. The number of hydrogen-bond donors (Lipinski definition) is 2. The molecular formula is C17H17ClN2O6S. The van der Waals surface area contributed by atoms with Crippen LogP contribution in [-0.4, -0.2) is 31.0 Å². The Bertz CT molecular complexity index is 960. The van der Waals surface area contributed by atoms with E-state index in [1.54, 1.807) is 24.3 Å². The fraction of sp³-hybridized carbons (Fsp3) is 0.235. The summed E-state index contributed by atoms with van der Waals surface area (Å²) in [5, 5.41) is 20.8. The average Bonchev–Trinajstić information content (AvgIpc) is 2.60. The van der Waals surface area contributed by atoms with Gasteiger partial charge in [0.25, 0.3) is 5.69 Å². The normalized spacial score (nSPS) is 12.5. The Morgan fingerprint density at radius 3 is 2.44 bits per heavy atom. The number of rotatable bonds is 8. The van der Waals surface area contributed by atoms with E-state index in [-0.39, 0.29) is 23.5 Å². The van der Waals surface area contributed by atoms with Crippen molar-refractivity contribution >= 4 is 33.3 Å². The van der Waals surface area contributed by atoms with Gasteiger partial charge in [0, 0.05) is 23.7 Å². The second-order valence-electron chi connectivity index (χ2n) is 5.92. The van der Waals surface area contributed by atoms with Gasteiger partial charge in [-0.25, -0.2) is 13.1 Å². The standard InChI is InChI=1S/C17H17ClN2O6S/c1-11-2-7-15(20(23)24)9-16(11)27(25,26)19-10-13(17(21)22)8-12-3-5-14(18)6-4-12/h2-7,9,13,19H,8,10H2,1H3,(H,21,22). The van der Waals surface area contributed by atoms with Gasteiger partial charge < -0.3 is 5.11 Å². The predicted molar refractivity (Wildman–Crippen MR) is 99.3 cm³/mol. The smallest absolute Gasteiger partial charge is 0.308 e. The molecule has 0 aliphatic rings. The number of carboxylic acid groups (broad SMARTS) is 1. The van der Waals surface area contributed by atoms with Gasteiger partial charge in [-0.1, -0.05) is 29.8 Å². The van der Waals surface area contributed by atoms with Crippen molar-refractivity contribution in [2.75, 3.05) is 6.54 Å². The molecule has 0 heterocycles. The molecule has 0 aliphatic carbocycles. The number of non-ortho nitro benzene ring substituents is 1. The van der Waals surface area contributed by atoms with Gasteiger partial charge in [-0.15, -0.1) is 0 Å². The molecule has 1 unspecified atom stereocenters. The van der Waals surface area contributed by atoms with Gasteiger partial charge in [0.2, 0.25) is 10.0 Å². The van der Waals surface area contributed by atoms with Crippen LogP contribution in [0.5, 0.6) is 0 Å². The van der Waals surface area contributed by atoms with Crippen LogP contribution in [0.2, 0.25) is 5.02 Å². The number of nitro benzene ring substituents is 1. The van der Waals surface area contributed by atoms with Crippen molar-refractivity contribution < 1.29 is 23.2 Å². The zero-order valence-corrected chi connectivity index (χ0v) is 15.8. The van der Waals surface area contributed by atoms with Crippen molar-refractivity contribution in [3.63, 3.8) is 0 Å². The van der Waals surface area contributed by atoms with E-state index < -0.39 is 26.8 Å².